The predicted octanol–water partition coefficient (Wildman–Crippen LogP) is 0.960. The van der Waals surface area contributed by atoms with Crippen LogP contribution >= 0.6 is 0 Å². The summed E-state index contributed by atoms with van der Waals surface area (Å²) >= 11 is 0. The Bertz CT molecular complexity index is 214. The smallest absolute Gasteiger partial charge is 0.236 e. The van der Waals surface area contributed by atoms with E-state index in [1.807, 2.05) is 14.1 Å². The summed E-state index contributed by atoms with van der Waals surface area (Å²) in [6, 6.07) is -0.363. The number of rotatable bonds is 7. The molecule has 0 aliphatic rings. The lowest BCUT2D eigenvalue weighted by molar-refractivity contribution is -0.123. The lowest BCUT2D eigenvalue weighted by Gasteiger charge is -2.33. The lowest BCUT2D eigenvalue weighted by Crippen LogP contribution is -2.51. The lowest BCUT2D eigenvalue weighted by atomic mass is 10.0. The van der Waals surface area contributed by atoms with Gasteiger partial charge in [0.25, 0.3) is 0 Å². The number of nitrogens with zero attached hydrogens (tertiary/aromatic N) is 1. The third-order valence-electron chi connectivity index (χ3n) is 3.11. The minimum atomic E-state index is -0.363. The Hall–Kier alpha value is -0.610. The van der Waals surface area contributed by atoms with Gasteiger partial charge >= 0.3 is 0 Å². The number of hydrogen-bond donors (Lipinski definition) is 2. The van der Waals surface area contributed by atoms with Gasteiger partial charge in [-0.2, -0.15) is 0 Å². The van der Waals surface area contributed by atoms with Gasteiger partial charge in [0.1, 0.15) is 0 Å². The van der Waals surface area contributed by atoms with Crippen LogP contribution in [0.15, 0.2) is 0 Å². The topological polar surface area (TPSA) is 58.4 Å². The molecular weight excluding hydrogens is 202 g/mol. The van der Waals surface area contributed by atoms with Crippen molar-refractivity contribution in [2.24, 2.45) is 5.73 Å². The highest BCUT2D eigenvalue weighted by Gasteiger charge is 2.22. The maximum absolute atomic E-state index is 11.7. The molecule has 4 heteroatoms. The molecule has 96 valence electrons. The van der Waals surface area contributed by atoms with Crippen molar-refractivity contribution in [3.8, 4) is 0 Å². The molecule has 0 saturated carbocycles. The average molecular weight is 229 g/mol. The van der Waals surface area contributed by atoms with Crippen molar-refractivity contribution in [2.45, 2.75) is 51.6 Å². The van der Waals surface area contributed by atoms with Gasteiger partial charge in [-0.1, -0.05) is 19.8 Å². The highest BCUT2D eigenvalue weighted by Crippen LogP contribution is 2.08. The number of nitrogens with two attached hydrogens (primary N) is 1. The van der Waals surface area contributed by atoms with E-state index in [1.165, 1.54) is 0 Å². The van der Waals surface area contributed by atoms with E-state index >= 15 is 0 Å². The van der Waals surface area contributed by atoms with E-state index in [9.17, 15) is 4.79 Å². The van der Waals surface area contributed by atoms with E-state index < -0.39 is 0 Å². The summed E-state index contributed by atoms with van der Waals surface area (Å²) in [6.07, 6.45) is 2.85. The molecule has 0 aromatic heterocycles. The maximum atomic E-state index is 11.7. The van der Waals surface area contributed by atoms with Crippen LogP contribution < -0.4 is 11.1 Å². The highest BCUT2D eigenvalue weighted by atomic mass is 16.2. The number of nitrogens with one attached hydrogen (secondary N) is 1. The molecule has 0 saturated heterocycles. The first-order valence-corrected chi connectivity index (χ1v) is 6.02. The van der Waals surface area contributed by atoms with E-state index in [-0.39, 0.29) is 17.5 Å². The minimum Gasteiger partial charge on any atom is -0.353 e. The summed E-state index contributed by atoms with van der Waals surface area (Å²) < 4.78 is 0. The summed E-state index contributed by atoms with van der Waals surface area (Å²) in [5.41, 5.74) is 5.74. The second kappa shape index (κ2) is 6.86. The Balaban J connectivity index is 3.97. The first kappa shape index (κ1) is 15.4. The van der Waals surface area contributed by atoms with E-state index in [1.54, 1.807) is 0 Å². The Kier molecular flexibility index (Phi) is 6.60. The van der Waals surface area contributed by atoms with Crippen LogP contribution in [-0.4, -0.2) is 43.0 Å². The Labute approximate surface area is 99.6 Å². The number of hydrogen-bond acceptors (Lipinski definition) is 3. The van der Waals surface area contributed by atoms with Gasteiger partial charge in [0.05, 0.1) is 6.04 Å². The van der Waals surface area contributed by atoms with E-state index in [4.69, 9.17) is 5.73 Å². The summed E-state index contributed by atoms with van der Waals surface area (Å²) in [5, 5.41) is 2.91. The maximum Gasteiger partial charge on any atom is 0.236 e. The van der Waals surface area contributed by atoms with Crippen molar-refractivity contribution >= 4 is 5.91 Å². The highest BCUT2D eigenvalue weighted by molar-refractivity contribution is 5.81. The summed E-state index contributed by atoms with van der Waals surface area (Å²) in [5.74, 6) is -0.0385. The van der Waals surface area contributed by atoms with Crippen molar-refractivity contribution < 1.29 is 4.79 Å². The molecule has 1 unspecified atom stereocenters. The van der Waals surface area contributed by atoms with Gasteiger partial charge in [0.15, 0.2) is 0 Å². The molecular formula is C12H27N3O. The second-order valence-electron chi connectivity index (χ2n) is 5.17. The Morgan fingerprint density at radius 1 is 1.44 bits per heavy atom. The number of amides is 1. The van der Waals surface area contributed by atoms with Crippen molar-refractivity contribution in [3.05, 3.63) is 0 Å². The molecule has 0 bridgehead atoms. The summed E-state index contributed by atoms with van der Waals surface area (Å²) in [4.78, 5) is 13.8. The number of carbonyl (C=O) groups is 1. The van der Waals surface area contributed by atoms with Gasteiger partial charge in [-0.25, -0.2) is 0 Å². The van der Waals surface area contributed by atoms with Gasteiger partial charge in [-0.05, 0) is 34.4 Å². The zero-order valence-electron chi connectivity index (χ0n) is 11.3. The number of carbonyl (C=O) groups excluding carboxylic acids is 1. The van der Waals surface area contributed by atoms with Gasteiger partial charge < -0.3 is 16.0 Å². The van der Waals surface area contributed by atoms with Crippen LogP contribution in [0.3, 0.4) is 0 Å². The van der Waals surface area contributed by atoms with Crippen LogP contribution in [0.1, 0.15) is 40.0 Å². The molecule has 0 aromatic carbocycles. The van der Waals surface area contributed by atoms with Crippen LogP contribution in [0.25, 0.3) is 0 Å². The Morgan fingerprint density at radius 2 is 2.00 bits per heavy atom. The molecule has 0 spiro atoms. The second-order valence-corrected chi connectivity index (χ2v) is 5.17. The zero-order chi connectivity index (χ0) is 12.8. The first-order valence-electron chi connectivity index (χ1n) is 6.02. The quantitative estimate of drug-likeness (QED) is 0.683. The van der Waals surface area contributed by atoms with Crippen LogP contribution in [0, 0.1) is 0 Å². The standard InChI is InChI=1S/C12H27N3O/c1-6-7-8-10(13)11(16)14-9-12(2,3)15(4)5/h10H,6-9,13H2,1-5H3,(H,14,16). The fourth-order valence-electron chi connectivity index (χ4n) is 1.15. The molecule has 0 radical (unpaired) electrons. The molecule has 1 amide bonds. The largest absolute Gasteiger partial charge is 0.353 e. The fourth-order valence-corrected chi connectivity index (χ4v) is 1.15. The first-order chi connectivity index (χ1) is 7.31. The molecule has 1 atom stereocenters. The van der Waals surface area contributed by atoms with Gasteiger partial charge in [0, 0.05) is 12.1 Å². The summed E-state index contributed by atoms with van der Waals surface area (Å²) in [6.45, 7) is 6.90. The normalized spacial score (nSPS) is 13.9. The SMILES string of the molecule is CCCCC(N)C(=O)NCC(C)(C)N(C)C. The molecule has 0 fully saturated rings. The molecule has 4 nitrogen and oxygen atoms in total. The van der Waals surface area contributed by atoms with Gasteiger partial charge in [0.2, 0.25) is 5.91 Å². The minimum absolute atomic E-state index is 0.0385. The molecule has 0 aromatic rings. The molecule has 0 rings (SSSR count). The van der Waals surface area contributed by atoms with Crippen LogP contribution in [0.2, 0.25) is 0 Å². The third kappa shape index (κ3) is 5.47. The molecule has 16 heavy (non-hydrogen) atoms. The third-order valence-corrected chi connectivity index (χ3v) is 3.11. The molecule has 3 N–H and O–H groups in total. The predicted molar refractivity (Wildman–Crippen MR) is 68.3 cm³/mol. The average Bonchev–Trinajstić information content (AvgIpc) is 2.22. The zero-order valence-corrected chi connectivity index (χ0v) is 11.3. The molecule has 0 aliphatic carbocycles. The summed E-state index contributed by atoms with van der Waals surface area (Å²) in [7, 11) is 4.01. The monoisotopic (exact) mass is 229 g/mol. The van der Waals surface area contributed by atoms with Gasteiger partial charge in [-0.15, -0.1) is 0 Å². The van der Waals surface area contributed by atoms with Crippen molar-refractivity contribution in [3.63, 3.8) is 0 Å². The van der Waals surface area contributed by atoms with E-state index in [0.29, 0.717) is 6.54 Å². The van der Waals surface area contributed by atoms with E-state index in [2.05, 4.69) is 31.0 Å². The number of likely N-dealkylation sites (N-methyl/N-ethyl adjacent to an activating group) is 1. The van der Waals surface area contributed by atoms with Crippen molar-refractivity contribution in [1.29, 1.82) is 0 Å². The number of unbranched alkanes of at least 4 members (excludes halogenated alkanes) is 1. The van der Waals surface area contributed by atoms with Crippen LogP contribution in [0.5, 0.6) is 0 Å². The van der Waals surface area contributed by atoms with Crippen LogP contribution in [0.4, 0.5) is 0 Å². The van der Waals surface area contributed by atoms with Gasteiger partial charge in [-0.3, -0.25) is 4.79 Å². The van der Waals surface area contributed by atoms with Crippen molar-refractivity contribution in [2.75, 3.05) is 20.6 Å². The Morgan fingerprint density at radius 3 is 2.44 bits per heavy atom. The fraction of sp³-hybridized carbons (Fsp3) is 0.917. The van der Waals surface area contributed by atoms with Crippen LogP contribution in [-0.2, 0) is 4.79 Å². The van der Waals surface area contributed by atoms with E-state index in [0.717, 1.165) is 19.3 Å². The molecule has 0 heterocycles. The van der Waals surface area contributed by atoms with Crippen molar-refractivity contribution in [1.82, 2.24) is 10.2 Å². The molecule has 0 aliphatic heterocycles.